The molecule has 0 fully saturated rings. The maximum Gasteiger partial charge on any atom is 0.255 e. The molecule has 0 bridgehead atoms. The number of carbonyl (C=O) groups is 1. The molecule has 110 valence electrons. The second kappa shape index (κ2) is 5.83. The Balaban J connectivity index is 2.45. The molecule has 0 aromatic heterocycles. The number of nitrogens with two attached hydrogens (primary N) is 1. The van der Waals surface area contributed by atoms with Crippen LogP contribution in [0.15, 0.2) is 36.4 Å². The summed E-state index contributed by atoms with van der Waals surface area (Å²) in [7, 11) is 3.35. The number of hydrogen-bond donors (Lipinski definition) is 2. The topological polar surface area (TPSA) is 58.4 Å². The number of benzene rings is 2. The molecule has 3 N–H and O–H groups in total. The number of rotatable bonds is 3. The average Bonchev–Trinajstić information content (AvgIpc) is 2.42. The first-order valence-corrected chi connectivity index (χ1v) is 6.53. The van der Waals surface area contributed by atoms with Gasteiger partial charge in [0, 0.05) is 25.5 Å². The largest absolute Gasteiger partial charge is 0.399 e. The number of hydrogen-bond acceptors (Lipinski definition) is 3. The zero-order valence-electron chi connectivity index (χ0n) is 12.3. The molecule has 5 heteroatoms. The van der Waals surface area contributed by atoms with Crippen molar-refractivity contribution >= 4 is 23.0 Å². The van der Waals surface area contributed by atoms with Crippen LogP contribution in [-0.2, 0) is 0 Å². The predicted octanol–water partition coefficient (Wildman–Crippen LogP) is 3.16. The van der Waals surface area contributed by atoms with Crippen LogP contribution in [-0.4, -0.2) is 24.9 Å². The number of aryl methyl sites for hydroxylation is 1. The molecule has 0 radical (unpaired) electrons. The highest BCUT2D eigenvalue weighted by atomic mass is 19.1. The lowest BCUT2D eigenvalue weighted by atomic mass is 10.1. The van der Waals surface area contributed by atoms with E-state index in [0.717, 1.165) is 5.56 Å². The van der Waals surface area contributed by atoms with Gasteiger partial charge in [-0.2, -0.15) is 0 Å². The van der Waals surface area contributed by atoms with Gasteiger partial charge < -0.3 is 16.0 Å². The van der Waals surface area contributed by atoms with Crippen LogP contribution in [0.4, 0.5) is 21.5 Å². The number of nitrogens with zero attached hydrogens (tertiary/aromatic N) is 1. The molecule has 0 spiro atoms. The Kier molecular flexibility index (Phi) is 4.12. The van der Waals surface area contributed by atoms with Gasteiger partial charge >= 0.3 is 0 Å². The van der Waals surface area contributed by atoms with Gasteiger partial charge in [0.25, 0.3) is 5.91 Å². The standard InChI is InChI=1S/C16H18FN3O/c1-10-4-5-11(17)8-14(10)19-15-9-12(18)6-7-13(15)16(21)20(2)3/h4-9,19H,18H2,1-3H3. The molecule has 1 amide bonds. The van der Waals surface area contributed by atoms with Crippen LogP contribution >= 0.6 is 0 Å². The second-order valence-electron chi connectivity index (χ2n) is 5.09. The average molecular weight is 287 g/mol. The van der Waals surface area contributed by atoms with E-state index in [4.69, 9.17) is 5.73 Å². The lowest BCUT2D eigenvalue weighted by Crippen LogP contribution is -2.22. The molecule has 0 aliphatic rings. The lowest BCUT2D eigenvalue weighted by Gasteiger charge is -2.17. The minimum atomic E-state index is -0.340. The van der Waals surface area contributed by atoms with Crippen molar-refractivity contribution < 1.29 is 9.18 Å². The summed E-state index contributed by atoms with van der Waals surface area (Å²) in [6.07, 6.45) is 0. The highest BCUT2D eigenvalue weighted by molar-refractivity contribution is 6.00. The van der Waals surface area contributed by atoms with E-state index in [0.29, 0.717) is 22.6 Å². The normalized spacial score (nSPS) is 10.3. The molecule has 4 nitrogen and oxygen atoms in total. The molecular weight excluding hydrogens is 269 g/mol. The van der Waals surface area contributed by atoms with Gasteiger partial charge in [-0.15, -0.1) is 0 Å². The van der Waals surface area contributed by atoms with Crippen LogP contribution in [0.5, 0.6) is 0 Å². The van der Waals surface area contributed by atoms with E-state index in [-0.39, 0.29) is 11.7 Å². The third kappa shape index (κ3) is 3.31. The fraction of sp³-hybridized carbons (Fsp3) is 0.188. The predicted molar refractivity (Wildman–Crippen MR) is 83.3 cm³/mol. The first-order chi connectivity index (χ1) is 9.88. The third-order valence-corrected chi connectivity index (χ3v) is 3.15. The highest BCUT2D eigenvalue weighted by Gasteiger charge is 2.14. The molecule has 0 atom stereocenters. The second-order valence-corrected chi connectivity index (χ2v) is 5.09. The fourth-order valence-corrected chi connectivity index (χ4v) is 1.97. The number of halogens is 1. The van der Waals surface area contributed by atoms with Crippen molar-refractivity contribution in [3.8, 4) is 0 Å². The number of carbonyl (C=O) groups excluding carboxylic acids is 1. The Morgan fingerprint density at radius 2 is 1.86 bits per heavy atom. The van der Waals surface area contributed by atoms with Gasteiger partial charge in [-0.25, -0.2) is 4.39 Å². The van der Waals surface area contributed by atoms with Crippen LogP contribution < -0.4 is 11.1 Å². The van der Waals surface area contributed by atoms with Gasteiger partial charge in [-0.3, -0.25) is 4.79 Å². The van der Waals surface area contributed by atoms with Crippen LogP contribution in [0.25, 0.3) is 0 Å². The molecule has 21 heavy (non-hydrogen) atoms. The Bertz CT molecular complexity index is 683. The molecular formula is C16H18FN3O. The summed E-state index contributed by atoms with van der Waals surface area (Å²) in [5, 5.41) is 3.09. The van der Waals surface area contributed by atoms with Crippen LogP contribution in [0.2, 0.25) is 0 Å². The van der Waals surface area contributed by atoms with E-state index in [1.807, 2.05) is 6.92 Å². The maximum atomic E-state index is 13.4. The zero-order valence-corrected chi connectivity index (χ0v) is 12.3. The number of amides is 1. The summed E-state index contributed by atoms with van der Waals surface area (Å²) in [4.78, 5) is 13.7. The fourth-order valence-electron chi connectivity index (χ4n) is 1.97. The van der Waals surface area contributed by atoms with Crippen molar-refractivity contribution in [2.75, 3.05) is 25.1 Å². The summed E-state index contributed by atoms with van der Waals surface area (Å²) in [5.74, 6) is -0.487. The molecule has 0 heterocycles. The van der Waals surface area contributed by atoms with E-state index >= 15 is 0 Å². The van der Waals surface area contributed by atoms with Crippen molar-refractivity contribution in [3.05, 3.63) is 53.3 Å². The zero-order chi connectivity index (χ0) is 15.6. The molecule has 0 saturated heterocycles. The molecule has 2 aromatic rings. The van der Waals surface area contributed by atoms with Crippen molar-refractivity contribution in [1.29, 1.82) is 0 Å². The Labute approximate surface area is 123 Å². The molecule has 0 saturated carbocycles. The minimum Gasteiger partial charge on any atom is -0.399 e. The molecule has 0 aliphatic heterocycles. The summed E-state index contributed by atoms with van der Waals surface area (Å²) >= 11 is 0. The van der Waals surface area contributed by atoms with E-state index in [9.17, 15) is 9.18 Å². The molecule has 2 rings (SSSR count). The van der Waals surface area contributed by atoms with Crippen LogP contribution in [0.1, 0.15) is 15.9 Å². The van der Waals surface area contributed by atoms with Gasteiger partial charge in [0.05, 0.1) is 11.3 Å². The van der Waals surface area contributed by atoms with Gasteiger partial charge in [-0.1, -0.05) is 6.07 Å². The molecule has 0 unspecified atom stereocenters. The highest BCUT2D eigenvalue weighted by Crippen LogP contribution is 2.27. The van der Waals surface area contributed by atoms with Crippen molar-refractivity contribution in [2.24, 2.45) is 0 Å². The van der Waals surface area contributed by atoms with Gasteiger partial charge in [0.15, 0.2) is 0 Å². The summed E-state index contributed by atoms with van der Waals surface area (Å²) in [6.45, 7) is 1.86. The van der Waals surface area contributed by atoms with Gasteiger partial charge in [0.1, 0.15) is 5.82 Å². The first-order valence-electron chi connectivity index (χ1n) is 6.53. The summed E-state index contributed by atoms with van der Waals surface area (Å²) < 4.78 is 13.4. The Morgan fingerprint density at radius 3 is 2.52 bits per heavy atom. The van der Waals surface area contributed by atoms with Crippen molar-refractivity contribution in [1.82, 2.24) is 4.90 Å². The Hall–Kier alpha value is -2.56. The molecule has 2 aromatic carbocycles. The van der Waals surface area contributed by atoms with E-state index in [1.54, 1.807) is 38.4 Å². The smallest absolute Gasteiger partial charge is 0.255 e. The van der Waals surface area contributed by atoms with E-state index in [2.05, 4.69) is 5.32 Å². The summed E-state index contributed by atoms with van der Waals surface area (Å²) in [6, 6.07) is 9.46. The van der Waals surface area contributed by atoms with E-state index in [1.165, 1.54) is 17.0 Å². The summed E-state index contributed by atoms with van der Waals surface area (Å²) in [5.41, 5.74) is 8.84. The first kappa shape index (κ1) is 14.8. The maximum absolute atomic E-state index is 13.4. The quantitative estimate of drug-likeness (QED) is 0.853. The van der Waals surface area contributed by atoms with Gasteiger partial charge in [-0.05, 0) is 42.8 Å². The van der Waals surface area contributed by atoms with Crippen LogP contribution in [0.3, 0.4) is 0 Å². The van der Waals surface area contributed by atoms with Crippen LogP contribution in [0, 0.1) is 12.7 Å². The SMILES string of the molecule is Cc1ccc(F)cc1Nc1cc(N)ccc1C(=O)N(C)C. The number of anilines is 3. The monoisotopic (exact) mass is 287 g/mol. The Morgan fingerprint density at radius 1 is 1.14 bits per heavy atom. The minimum absolute atomic E-state index is 0.147. The van der Waals surface area contributed by atoms with E-state index < -0.39 is 0 Å². The number of nitrogens with one attached hydrogen (secondary N) is 1. The lowest BCUT2D eigenvalue weighted by molar-refractivity contribution is 0.0828. The third-order valence-electron chi connectivity index (χ3n) is 3.15. The molecule has 0 aliphatic carbocycles. The number of nitrogen functional groups attached to an aromatic ring is 1. The van der Waals surface area contributed by atoms with Crippen molar-refractivity contribution in [3.63, 3.8) is 0 Å². The van der Waals surface area contributed by atoms with Gasteiger partial charge in [0.2, 0.25) is 0 Å². The van der Waals surface area contributed by atoms with Crippen molar-refractivity contribution in [2.45, 2.75) is 6.92 Å².